The van der Waals surface area contributed by atoms with Crippen LogP contribution in [0.25, 0.3) is 0 Å². The normalized spacial score (nSPS) is 14.3. The van der Waals surface area contributed by atoms with Crippen molar-refractivity contribution in [1.29, 1.82) is 0 Å². The summed E-state index contributed by atoms with van der Waals surface area (Å²) in [4.78, 5) is 23.3. The standard InChI is InChI=1S/C13H15ClN2O2/c14-10-4-1-8(7-11(10)15)12(17)5-6-13(18)16-9-2-3-9/h1,4,7,9H,2-3,5-6,15H2,(H,16,18). The third-order valence-corrected chi connectivity index (χ3v) is 3.18. The first-order valence-electron chi connectivity index (χ1n) is 5.94. The third-order valence-electron chi connectivity index (χ3n) is 2.84. The Morgan fingerprint density at radius 2 is 2.06 bits per heavy atom. The summed E-state index contributed by atoms with van der Waals surface area (Å²) in [5.74, 6) is -0.155. The van der Waals surface area contributed by atoms with E-state index in [1.807, 2.05) is 0 Å². The predicted octanol–water partition coefficient (Wildman–Crippen LogP) is 2.16. The summed E-state index contributed by atoms with van der Waals surface area (Å²) in [5, 5.41) is 3.27. The Morgan fingerprint density at radius 3 is 2.67 bits per heavy atom. The maximum atomic E-state index is 11.8. The fourth-order valence-corrected chi connectivity index (χ4v) is 1.73. The van der Waals surface area contributed by atoms with Crippen molar-refractivity contribution in [2.45, 2.75) is 31.7 Å². The van der Waals surface area contributed by atoms with Crippen LogP contribution in [-0.4, -0.2) is 17.7 Å². The van der Waals surface area contributed by atoms with Gasteiger partial charge in [-0.2, -0.15) is 0 Å². The molecule has 0 atom stereocenters. The number of hydrogen-bond donors (Lipinski definition) is 2. The summed E-state index contributed by atoms with van der Waals surface area (Å²) in [5.41, 5.74) is 6.50. The number of carbonyl (C=O) groups excluding carboxylic acids is 2. The average Bonchev–Trinajstić information content (AvgIpc) is 3.13. The molecule has 1 saturated carbocycles. The number of nitrogens with two attached hydrogens (primary N) is 1. The van der Waals surface area contributed by atoms with Gasteiger partial charge in [-0.3, -0.25) is 9.59 Å². The van der Waals surface area contributed by atoms with Crippen molar-refractivity contribution in [3.63, 3.8) is 0 Å². The van der Waals surface area contributed by atoms with Gasteiger partial charge in [0.2, 0.25) is 5.91 Å². The fraction of sp³-hybridized carbons (Fsp3) is 0.385. The first-order valence-corrected chi connectivity index (χ1v) is 6.31. The van der Waals surface area contributed by atoms with Crippen LogP contribution in [0.15, 0.2) is 18.2 Å². The van der Waals surface area contributed by atoms with E-state index in [0.717, 1.165) is 12.8 Å². The zero-order valence-electron chi connectivity index (χ0n) is 9.91. The second-order valence-corrected chi connectivity index (χ2v) is 4.91. The number of Topliss-reactive ketones (excluding diaryl/α,β-unsaturated/α-hetero) is 1. The second kappa shape index (κ2) is 5.40. The number of halogens is 1. The van der Waals surface area contributed by atoms with Crippen molar-refractivity contribution in [1.82, 2.24) is 5.32 Å². The Labute approximate surface area is 110 Å². The third kappa shape index (κ3) is 3.47. The number of amides is 1. The molecule has 1 aliphatic carbocycles. The van der Waals surface area contributed by atoms with Crippen molar-refractivity contribution in [2.24, 2.45) is 0 Å². The summed E-state index contributed by atoms with van der Waals surface area (Å²) in [6.45, 7) is 0. The highest BCUT2D eigenvalue weighted by Crippen LogP contribution is 2.21. The molecule has 1 aromatic rings. The molecule has 0 spiro atoms. The molecule has 1 aromatic carbocycles. The number of nitrogen functional groups attached to an aromatic ring is 1. The van der Waals surface area contributed by atoms with E-state index >= 15 is 0 Å². The van der Waals surface area contributed by atoms with Crippen LogP contribution in [0.3, 0.4) is 0 Å². The lowest BCUT2D eigenvalue weighted by Gasteiger charge is -2.04. The van der Waals surface area contributed by atoms with Crippen LogP contribution in [0.5, 0.6) is 0 Å². The van der Waals surface area contributed by atoms with Gasteiger partial charge < -0.3 is 11.1 Å². The van der Waals surface area contributed by atoms with E-state index in [1.165, 1.54) is 0 Å². The highest BCUT2D eigenvalue weighted by molar-refractivity contribution is 6.33. The quantitative estimate of drug-likeness (QED) is 0.634. The lowest BCUT2D eigenvalue weighted by atomic mass is 10.1. The van der Waals surface area contributed by atoms with Crippen LogP contribution in [-0.2, 0) is 4.79 Å². The van der Waals surface area contributed by atoms with Crippen molar-refractivity contribution >= 4 is 29.0 Å². The van der Waals surface area contributed by atoms with Gasteiger partial charge >= 0.3 is 0 Å². The number of nitrogens with one attached hydrogen (secondary N) is 1. The Hall–Kier alpha value is -1.55. The van der Waals surface area contributed by atoms with E-state index in [9.17, 15) is 9.59 Å². The van der Waals surface area contributed by atoms with Crippen molar-refractivity contribution in [2.75, 3.05) is 5.73 Å². The number of carbonyl (C=O) groups is 2. The van der Waals surface area contributed by atoms with Crippen molar-refractivity contribution < 1.29 is 9.59 Å². The Balaban J connectivity index is 1.86. The minimum absolute atomic E-state index is 0.0622. The van der Waals surface area contributed by atoms with Crippen LogP contribution in [0.4, 0.5) is 5.69 Å². The van der Waals surface area contributed by atoms with Crippen LogP contribution in [0.1, 0.15) is 36.0 Å². The molecule has 0 aromatic heterocycles. The summed E-state index contributed by atoms with van der Waals surface area (Å²) >= 11 is 5.78. The predicted molar refractivity (Wildman–Crippen MR) is 70.6 cm³/mol. The number of benzene rings is 1. The lowest BCUT2D eigenvalue weighted by Crippen LogP contribution is -2.25. The highest BCUT2D eigenvalue weighted by atomic mass is 35.5. The molecule has 0 unspecified atom stereocenters. The van der Waals surface area contributed by atoms with Gasteiger partial charge in [-0.1, -0.05) is 11.6 Å². The largest absolute Gasteiger partial charge is 0.398 e. The Morgan fingerprint density at radius 1 is 1.33 bits per heavy atom. The molecule has 96 valence electrons. The fourth-order valence-electron chi connectivity index (χ4n) is 1.62. The number of ketones is 1. The van der Waals surface area contributed by atoms with Crippen LogP contribution >= 0.6 is 11.6 Å². The van der Waals surface area contributed by atoms with Crippen LogP contribution in [0, 0.1) is 0 Å². The first-order chi connectivity index (χ1) is 8.56. The first kappa shape index (κ1) is 12.9. The molecule has 0 bridgehead atoms. The summed E-state index contributed by atoms with van der Waals surface area (Å²) in [6.07, 6.45) is 2.51. The molecule has 0 radical (unpaired) electrons. The van der Waals surface area contributed by atoms with E-state index in [4.69, 9.17) is 17.3 Å². The Kier molecular flexibility index (Phi) is 3.87. The van der Waals surface area contributed by atoms with Gasteiger partial charge in [0.15, 0.2) is 5.78 Å². The number of anilines is 1. The minimum Gasteiger partial charge on any atom is -0.398 e. The molecular formula is C13H15ClN2O2. The average molecular weight is 267 g/mol. The van der Waals surface area contributed by atoms with E-state index in [2.05, 4.69) is 5.32 Å². The van der Waals surface area contributed by atoms with Gasteiger partial charge in [-0.25, -0.2) is 0 Å². The number of rotatable bonds is 5. The molecule has 0 saturated heterocycles. The molecule has 3 N–H and O–H groups in total. The SMILES string of the molecule is Nc1cc(C(=O)CCC(=O)NC2CC2)ccc1Cl. The van der Waals surface area contributed by atoms with Crippen molar-refractivity contribution in [3.05, 3.63) is 28.8 Å². The monoisotopic (exact) mass is 266 g/mol. The van der Waals surface area contributed by atoms with E-state index in [-0.39, 0.29) is 24.5 Å². The van der Waals surface area contributed by atoms with Gasteiger partial charge in [-0.05, 0) is 31.0 Å². The zero-order chi connectivity index (χ0) is 13.1. The van der Waals surface area contributed by atoms with E-state index in [0.29, 0.717) is 22.3 Å². The molecule has 2 rings (SSSR count). The molecule has 1 aliphatic rings. The minimum atomic E-state index is -0.0932. The lowest BCUT2D eigenvalue weighted by molar-refractivity contribution is -0.121. The summed E-state index contributed by atoms with van der Waals surface area (Å²) in [7, 11) is 0. The zero-order valence-corrected chi connectivity index (χ0v) is 10.7. The van der Waals surface area contributed by atoms with Gasteiger partial charge in [0.25, 0.3) is 0 Å². The maximum absolute atomic E-state index is 11.8. The molecule has 0 aliphatic heterocycles. The van der Waals surface area contributed by atoms with E-state index in [1.54, 1.807) is 18.2 Å². The van der Waals surface area contributed by atoms with Crippen LogP contribution < -0.4 is 11.1 Å². The maximum Gasteiger partial charge on any atom is 0.220 e. The van der Waals surface area contributed by atoms with Gasteiger partial charge in [-0.15, -0.1) is 0 Å². The molecule has 1 amide bonds. The summed E-state index contributed by atoms with van der Waals surface area (Å²) in [6, 6.07) is 5.09. The molecular weight excluding hydrogens is 252 g/mol. The van der Waals surface area contributed by atoms with Gasteiger partial charge in [0.1, 0.15) is 0 Å². The molecule has 18 heavy (non-hydrogen) atoms. The molecule has 5 heteroatoms. The summed E-state index contributed by atoms with van der Waals surface area (Å²) < 4.78 is 0. The second-order valence-electron chi connectivity index (χ2n) is 4.50. The topological polar surface area (TPSA) is 72.2 Å². The molecule has 0 heterocycles. The van der Waals surface area contributed by atoms with Crippen molar-refractivity contribution in [3.8, 4) is 0 Å². The highest BCUT2D eigenvalue weighted by Gasteiger charge is 2.23. The molecule has 1 fully saturated rings. The van der Waals surface area contributed by atoms with Gasteiger partial charge in [0, 0.05) is 24.4 Å². The Bertz CT molecular complexity index is 484. The van der Waals surface area contributed by atoms with Crippen LogP contribution in [0.2, 0.25) is 5.02 Å². The smallest absolute Gasteiger partial charge is 0.220 e. The van der Waals surface area contributed by atoms with Gasteiger partial charge in [0.05, 0.1) is 10.7 Å². The number of hydrogen-bond acceptors (Lipinski definition) is 3. The molecule has 4 nitrogen and oxygen atoms in total. The van der Waals surface area contributed by atoms with E-state index < -0.39 is 0 Å².